The van der Waals surface area contributed by atoms with Gasteiger partial charge in [0.25, 0.3) is 0 Å². The molecular weight excluding hydrogens is 312 g/mol. The molecule has 0 unspecified atom stereocenters. The number of nitrogens with one attached hydrogen (secondary N) is 2. The van der Waals surface area contributed by atoms with Crippen molar-refractivity contribution >= 4 is 17.5 Å². The molecule has 1 heterocycles. The molecule has 0 aliphatic rings. The van der Waals surface area contributed by atoms with Crippen LogP contribution >= 0.6 is 0 Å². The zero-order chi connectivity index (χ0) is 17.5. The predicted octanol–water partition coefficient (Wildman–Crippen LogP) is 4.86. The molecule has 3 rings (SSSR count). The fourth-order valence-electron chi connectivity index (χ4n) is 2.53. The second-order valence-electron chi connectivity index (χ2n) is 5.86. The van der Waals surface area contributed by atoms with Crippen molar-refractivity contribution in [3.8, 4) is 5.69 Å². The number of para-hydroxylation sites is 1. The molecule has 2 N–H and O–H groups in total. The van der Waals surface area contributed by atoms with Gasteiger partial charge >= 0.3 is 6.03 Å². The van der Waals surface area contributed by atoms with Gasteiger partial charge in [-0.1, -0.05) is 43.7 Å². The number of urea groups is 1. The molecule has 0 aliphatic carbocycles. The van der Waals surface area contributed by atoms with E-state index >= 15 is 0 Å². The maximum atomic E-state index is 12.1. The molecule has 5 heteroatoms. The summed E-state index contributed by atoms with van der Waals surface area (Å²) in [5.74, 6) is 0.501. The molecule has 0 fully saturated rings. The zero-order valence-corrected chi connectivity index (χ0v) is 14.3. The van der Waals surface area contributed by atoms with Gasteiger partial charge in [-0.25, -0.2) is 9.48 Å². The van der Waals surface area contributed by atoms with Crippen LogP contribution in [0.4, 0.5) is 16.3 Å². The van der Waals surface area contributed by atoms with Crippen LogP contribution in [0.1, 0.15) is 25.3 Å². The first-order valence-electron chi connectivity index (χ1n) is 8.52. The van der Waals surface area contributed by atoms with E-state index in [2.05, 4.69) is 34.8 Å². The molecule has 0 atom stereocenters. The standard InChI is InChI=1S/C20H22N4O/c1-2-3-7-16-10-12-17(13-11-16)21-20(25)22-19-14-15-24(23-19)18-8-5-4-6-9-18/h4-6,8-15H,2-3,7H2,1H3,(H2,21,22,23,25). The summed E-state index contributed by atoms with van der Waals surface area (Å²) in [5, 5.41) is 9.93. The molecule has 3 aromatic rings. The normalized spacial score (nSPS) is 10.4. The highest BCUT2D eigenvalue weighted by molar-refractivity contribution is 5.99. The van der Waals surface area contributed by atoms with E-state index in [1.807, 2.05) is 48.7 Å². The SMILES string of the molecule is CCCCc1ccc(NC(=O)Nc2ccn(-c3ccccc3)n2)cc1. The van der Waals surface area contributed by atoms with E-state index in [0.717, 1.165) is 17.8 Å². The molecule has 25 heavy (non-hydrogen) atoms. The van der Waals surface area contributed by atoms with Crippen LogP contribution in [0.25, 0.3) is 5.69 Å². The van der Waals surface area contributed by atoms with E-state index in [4.69, 9.17) is 0 Å². The number of carbonyl (C=O) groups is 1. The fourth-order valence-corrected chi connectivity index (χ4v) is 2.53. The summed E-state index contributed by atoms with van der Waals surface area (Å²) in [7, 11) is 0. The highest BCUT2D eigenvalue weighted by Crippen LogP contribution is 2.13. The topological polar surface area (TPSA) is 59.0 Å². The first-order valence-corrected chi connectivity index (χ1v) is 8.52. The number of rotatable bonds is 6. The first-order chi connectivity index (χ1) is 12.2. The van der Waals surface area contributed by atoms with Crippen molar-refractivity contribution in [1.29, 1.82) is 0 Å². The third-order valence-electron chi connectivity index (χ3n) is 3.88. The van der Waals surface area contributed by atoms with E-state index in [1.165, 1.54) is 18.4 Å². The fraction of sp³-hybridized carbons (Fsp3) is 0.200. The van der Waals surface area contributed by atoms with Gasteiger partial charge in [-0.15, -0.1) is 5.10 Å². The van der Waals surface area contributed by atoms with Gasteiger partial charge in [-0.2, -0.15) is 0 Å². The van der Waals surface area contributed by atoms with E-state index in [0.29, 0.717) is 5.82 Å². The predicted molar refractivity (Wildman–Crippen MR) is 101 cm³/mol. The largest absolute Gasteiger partial charge is 0.324 e. The Morgan fingerprint density at radius 2 is 1.76 bits per heavy atom. The van der Waals surface area contributed by atoms with Crippen LogP contribution in [0.3, 0.4) is 0 Å². The van der Waals surface area contributed by atoms with Gasteiger partial charge in [-0.05, 0) is 42.7 Å². The first kappa shape index (κ1) is 16.8. The van der Waals surface area contributed by atoms with Crippen LogP contribution in [0.15, 0.2) is 66.9 Å². The Bertz CT molecular complexity index is 809. The van der Waals surface area contributed by atoms with E-state index in [1.54, 1.807) is 10.7 Å². The Hall–Kier alpha value is -3.08. The second-order valence-corrected chi connectivity index (χ2v) is 5.86. The molecule has 0 spiro atoms. The van der Waals surface area contributed by atoms with E-state index in [-0.39, 0.29) is 6.03 Å². The van der Waals surface area contributed by atoms with E-state index < -0.39 is 0 Å². The second kappa shape index (κ2) is 8.15. The Morgan fingerprint density at radius 1 is 1.00 bits per heavy atom. The van der Waals surface area contributed by atoms with Crippen molar-refractivity contribution in [3.63, 3.8) is 0 Å². The lowest BCUT2D eigenvalue weighted by Crippen LogP contribution is -2.19. The maximum Gasteiger partial charge on any atom is 0.324 e. The number of unbranched alkanes of at least 4 members (excludes halogenated alkanes) is 1. The van der Waals surface area contributed by atoms with Crippen molar-refractivity contribution in [2.75, 3.05) is 10.6 Å². The van der Waals surface area contributed by atoms with Crippen molar-refractivity contribution in [3.05, 3.63) is 72.4 Å². The van der Waals surface area contributed by atoms with Crippen molar-refractivity contribution in [2.45, 2.75) is 26.2 Å². The number of benzene rings is 2. The third-order valence-corrected chi connectivity index (χ3v) is 3.88. The molecule has 128 valence electrons. The molecule has 0 bridgehead atoms. The summed E-state index contributed by atoms with van der Waals surface area (Å²) in [5.41, 5.74) is 2.99. The van der Waals surface area contributed by atoms with Gasteiger partial charge in [0.15, 0.2) is 5.82 Å². The van der Waals surface area contributed by atoms with Crippen LogP contribution in [0, 0.1) is 0 Å². The quantitative estimate of drug-likeness (QED) is 0.676. The summed E-state index contributed by atoms with van der Waals surface area (Å²) in [4.78, 5) is 12.1. The van der Waals surface area contributed by atoms with Crippen LogP contribution < -0.4 is 10.6 Å². The van der Waals surface area contributed by atoms with Gasteiger partial charge in [0.1, 0.15) is 0 Å². The summed E-state index contributed by atoms with van der Waals surface area (Å²) in [6.45, 7) is 2.18. The van der Waals surface area contributed by atoms with Crippen LogP contribution in [0.5, 0.6) is 0 Å². The van der Waals surface area contributed by atoms with Gasteiger partial charge in [0, 0.05) is 18.0 Å². The van der Waals surface area contributed by atoms with Gasteiger partial charge in [0.2, 0.25) is 0 Å². The lowest BCUT2D eigenvalue weighted by Gasteiger charge is -2.07. The monoisotopic (exact) mass is 334 g/mol. The van der Waals surface area contributed by atoms with Crippen LogP contribution in [-0.4, -0.2) is 15.8 Å². The molecule has 2 amide bonds. The molecule has 5 nitrogen and oxygen atoms in total. The van der Waals surface area contributed by atoms with E-state index in [9.17, 15) is 4.79 Å². The Balaban J connectivity index is 1.57. The summed E-state index contributed by atoms with van der Waals surface area (Å²) < 4.78 is 1.72. The number of anilines is 2. The Kier molecular flexibility index (Phi) is 5.46. The number of carbonyl (C=O) groups excluding carboxylic acids is 1. The average Bonchev–Trinajstić information content (AvgIpc) is 3.10. The average molecular weight is 334 g/mol. The third kappa shape index (κ3) is 4.70. The highest BCUT2D eigenvalue weighted by atomic mass is 16.2. The van der Waals surface area contributed by atoms with Crippen LogP contribution in [0.2, 0.25) is 0 Å². The lowest BCUT2D eigenvalue weighted by atomic mass is 10.1. The van der Waals surface area contributed by atoms with Crippen molar-refractivity contribution < 1.29 is 4.79 Å². The number of aryl methyl sites for hydroxylation is 1. The van der Waals surface area contributed by atoms with Gasteiger partial charge in [-0.3, -0.25) is 5.32 Å². The minimum Gasteiger partial charge on any atom is -0.308 e. The zero-order valence-electron chi connectivity index (χ0n) is 14.3. The lowest BCUT2D eigenvalue weighted by molar-refractivity contribution is 0.262. The smallest absolute Gasteiger partial charge is 0.308 e. The van der Waals surface area contributed by atoms with Gasteiger partial charge < -0.3 is 5.32 Å². The number of amides is 2. The maximum absolute atomic E-state index is 12.1. The van der Waals surface area contributed by atoms with Gasteiger partial charge in [0.05, 0.1) is 5.69 Å². The van der Waals surface area contributed by atoms with Crippen LogP contribution in [-0.2, 0) is 6.42 Å². The van der Waals surface area contributed by atoms with Crippen molar-refractivity contribution in [1.82, 2.24) is 9.78 Å². The molecule has 0 aliphatic heterocycles. The minimum atomic E-state index is -0.306. The Morgan fingerprint density at radius 3 is 2.48 bits per heavy atom. The molecule has 0 saturated carbocycles. The Labute approximate surface area is 147 Å². The minimum absolute atomic E-state index is 0.306. The molecule has 0 saturated heterocycles. The number of hydrogen-bond donors (Lipinski definition) is 2. The molecule has 1 aromatic heterocycles. The molecule has 2 aromatic carbocycles. The summed E-state index contributed by atoms with van der Waals surface area (Å²) in [6, 6.07) is 19.2. The number of hydrogen-bond acceptors (Lipinski definition) is 2. The van der Waals surface area contributed by atoms with Crippen molar-refractivity contribution in [2.24, 2.45) is 0 Å². The summed E-state index contributed by atoms with van der Waals surface area (Å²) >= 11 is 0. The summed E-state index contributed by atoms with van der Waals surface area (Å²) in [6.07, 6.45) is 5.24. The highest BCUT2D eigenvalue weighted by Gasteiger charge is 2.06. The molecule has 0 radical (unpaired) electrons. The number of nitrogens with zero attached hydrogens (tertiary/aromatic N) is 2. The molecular formula is C20H22N4O. The number of aromatic nitrogens is 2.